The summed E-state index contributed by atoms with van der Waals surface area (Å²) in [6, 6.07) is 4.99. The van der Waals surface area contributed by atoms with Crippen molar-refractivity contribution in [2.45, 2.75) is 0 Å². The molecule has 1 aliphatic heterocycles. The molecule has 1 saturated heterocycles. The van der Waals surface area contributed by atoms with Crippen molar-refractivity contribution < 1.29 is 4.39 Å². The maximum Gasteiger partial charge on any atom is 0.168 e. The summed E-state index contributed by atoms with van der Waals surface area (Å²) in [4.78, 5) is 4.39. The van der Waals surface area contributed by atoms with E-state index in [-0.39, 0.29) is 10.9 Å². The Kier molecular flexibility index (Phi) is 3.98. The van der Waals surface area contributed by atoms with Crippen molar-refractivity contribution in [3.8, 4) is 0 Å². The van der Waals surface area contributed by atoms with Gasteiger partial charge in [0.25, 0.3) is 0 Å². The van der Waals surface area contributed by atoms with Crippen LogP contribution in [0.25, 0.3) is 0 Å². The highest BCUT2D eigenvalue weighted by Gasteiger charge is 2.19. The quantitative estimate of drug-likeness (QED) is 0.790. The predicted molar refractivity (Wildman–Crippen MR) is 76.5 cm³/mol. The minimum absolute atomic E-state index is 0.0791. The Hall–Kier alpha value is -1.40. The Morgan fingerprint density at radius 3 is 2.61 bits per heavy atom. The molecular formula is C12H17FN4S. The number of nitrogens with one attached hydrogen (secondary N) is 1. The molecule has 4 nitrogen and oxygen atoms in total. The number of anilines is 2. The first-order valence-electron chi connectivity index (χ1n) is 5.86. The van der Waals surface area contributed by atoms with E-state index >= 15 is 0 Å². The smallest absolute Gasteiger partial charge is 0.168 e. The number of hydrogen-bond acceptors (Lipinski definition) is 3. The van der Waals surface area contributed by atoms with Gasteiger partial charge in [0.2, 0.25) is 0 Å². The van der Waals surface area contributed by atoms with Gasteiger partial charge in [0.1, 0.15) is 11.5 Å². The molecule has 3 N–H and O–H groups in total. The second-order valence-corrected chi connectivity index (χ2v) is 4.85. The van der Waals surface area contributed by atoms with E-state index in [4.69, 9.17) is 18.0 Å². The predicted octanol–water partition coefficient (Wildman–Crippen LogP) is 1.23. The molecule has 0 spiro atoms. The molecule has 0 saturated carbocycles. The van der Waals surface area contributed by atoms with Crippen LogP contribution < -0.4 is 16.0 Å². The van der Waals surface area contributed by atoms with Crippen molar-refractivity contribution in [3.05, 3.63) is 24.0 Å². The summed E-state index contributed by atoms with van der Waals surface area (Å²) in [5, 5.41) is 2.81. The van der Waals surface area contributed by atoms with Crippen LogP contribution in [0.2, 0.25) is 0 Å². The maximum atomic E-state index is 13.8. The van der Waals surface area contributed by atoms with Crippen molar-refractivity contribution >= 4 is 28.7 Å². The van der Waals surface area contributed by atoms with E-state index in [9.17, 15) is 4.39 Å². The van der Waals surface area contributed by atoms with Gasteiger partial charge in [-0.25, -0.2) is 4.39 Å². The molecule has 0 radical (unpaired) electrons. The number of para-hydroxylation sites is 1. The van der Waals surface area contributed by atoms with Crippen molar-refractivity contribution in [1.82, 2.24) is 4.90 Å². The van der Waals surface area contributed by atoms with E-state index in [0.29, 0.717) is 5.69 Å². The van der Waals surface area contributed by atoms with Crippen LogP contribution >= 0.6 is 12.2 Å². The first-order chi connectivity index (χ1) is 8.58. The third-order valence-electron chi connectivity index (χ3n) is 3.08. The minimum Gasteiger partial charge on any atom is -0.376 e. The molecule has 0 atom stereocenters. The minimum atomic E-state index is -0.334. The Labute approximate surface area is 112 Å². The fourth-order valence-electron chi connectivity index (χ4n) is 2.07. The zero-order valence-corrected chi connectivity index (χ0v) is 11.1. The summed E-state index contributed by atoms with van der Waals surface area (Å²) in [7, 11) is 2.08. The second kappa shape index (κ2) is 5.49. The number of nitrogens with zero attached hydrogens (tertiary/aromatic N) is 2. The van der Waals surface area contributed by atoms with E-state index in [0.717, 1.165) is 31.9 Å². The summed E-state index contributed by atoms with van der Waals surface area (Å²) in [5.41, 5.74) is 6.63. The second-order valence-electron chi connectivity index (χ2n) is 4.41. The van der Waals surface area contributed by atoms with Crippen molar-refractivity contribution in [1.29, 1.82) is 0 Å². The maximum absolute atomic E-state index is 13.8. The van der Waals surface area contributed by atoms with Gasteiger partial charge in [-0.3, -0.25) is 0 Å². The third-order valence-corrected chi connectivity index (χ3v) is 3.19. The molecule has 98 valence electrons. The highest BCUT2D eigenvalue weighted by Crippen LogP contribution is 2.29. The lowest BCUT2D eigenvalue weighted by Gasteiger charge is -2.35. The van der Waals surface area contributed by atoms with Gasteiger partial charge in [0, 0.05) is 26.2 Å². The lowest BCUT2D eigenvalue weighted by atomic mass is 10.2. The average molecular weight is 268 g/mol. The lowest BCUT2D eigenvalue weighted by Crippen LogP contribution is -2.44. The molecule has 1 aromatic carbocycles. The monoisotopic (exact) mass is 268 g/mol. The third kappa shape index (κ3) is 2.88. The van der Waals surface area contributed by atoms with Crippen LogP contribution in [0, 0.1) is 5.82 Å². The first-order valence-corrected chi connectivity index (χ1v) is 6.27. The molecular weight excluding hydrogens is 251 g/mol. The molecule has 0 aliphatic carbocycles. The zero-order chi connectivity index (χ0) is 13.1. The van der Waals surface area contributed by atoms with Crippen LogP contribution in [0.1, 0.15) is 0 Å². The SMILES string of the molecule is CN1CCN(c2cccc(F)c2NC(N)=S)CC1. The number of rotatable bonds is 2. The molecule has 1 aromatic rings. The van der Waals surface area contributed by atoms with Crippen LogP contribution in [0.3, 0.4) is 0 Å². The normalized spacial score (nSPS) is 16.7. The van der Waals surface area contributed by atoms with Crippen LogP contribution in [-0.2, 0) is 0 Å². The number of piperazine rings is 1. The molecule has 6 heteroatoms. The first kappa shape index (κ1) is 13.0. The van der Waals surface area contributed by atoms with Gasteiger partial charge in [0.15, 0.2) is 5.11 Å². The summed E-state index contributed by atoms with van der Waals surface area (Å²) in [6.45, 7) is 3.66. The van der Waals surface area contributed by atoms with Crippen molar-refractivity contribution in [3.63, 3.8) is 0 Å². The molecule has 0 aromatic heterocycles. The van der Waals surface area contributed by atoms with Gasteiger partial charge in [0.05, 0.1) is 5.69 Å². The zero-order valence-electron chi connectivity index (χ0n) is 10.3. The molecule has 1 heterocycles. The molecule has 0 bridgehead atoms. The van der Waals surface area contributed by atoms with Gasteiger partial charge in [-0.1, -0.05) is 6.07 Å². The molecule has 1 fully saturated rings. The Morgan fingerprint density at radius 1 is 1.33 bits per heavy atom. The van der Waals surface area contributed by atoms with Gasteiger partial charge < -0.3 is 20.9 Å². The van der Waals surface area contributed by atoms with Gasteiger partial charge >= 0.3 is 0 Å². The fraction of sp³-hybridized carbons (Fsp3) is 0.417. The van der Waals surface area contributed by atoms with E-state index < -0.39 is 0 Å². The fourth-order valence-corrected chi connectivity index (χ4v) is 2.17. The Morgan fingerprint density at radius 2 is 2.00 bits per heavy atom. The van der Waals surface area contributed by atoms with Crippen molar-refractivity contribution in [2.75, 3.05) is 43.4 Å². The van der Waals surface area contributed by atoms with E-state index in [1.807, 2.05) is 6.07 Å². The standard InChI is InChI=1S/C12H17FN4S/c1-16-5-7-17(8-6-16)10-4-2-3-9(13)11(10)15-12(14)18/h2-4H,5-8H2,1H3,(H3,14,15,18). The lowest BCUT2D eigenvalue weighted by molar-refractivity contribution is 0.313. The van der Waals surface area contributed by atoms with E-state index in [1.165, 1.54) is 6.07 Å². The summed E-state index contributed by atoms with van der Waals surface area (Å²) < 4.78 is 13.8. The molecule has 0 amide bonds. The van der Waals surface area contributed by atoms with E-state index in [1.54, 1.807) is 6.07 Å². The van der Waals surface area contributed by atoms with Crippen LogP contribution in [0.5, 0.6) is 0 Å². The number of thiocarbonyl (C=S) groups is 1. The summed E-state index contributed by atoms with van der Waals surface area (Å²) >= 11 is 4.79. The summed E-state index contributed by atoms with van der Waals surface area (Å²) in [6.07, 6.45) is 0. The number of halogens is 1. The molecule has 1 aliphatic rings. The molecule has 0 unspecified atom stereocenters. The highest BCUT2D eigenvalue weighted by atomic mass is 32.1. The Balaban J connectivity index is 2.26. The van der Waals surface area contributed by atoms with Crippen LogP contribution in [0.15, 0.2) is 18.2 Å². The number of hydrogen-bond donors (Lipinski definition) is 2. The highest BCUT2D eigenvalue weighted by molar-refractivity contribution is 7.80. The van der Waals surface area contributed by atoms with Gasteiger partial charge in [-0.15, -0.1) is 0 Å². The van der Waals surface area contributed by atoms with Gasteiger partial charge in [-0.2, -0.15) is 0 Å². The number of nitrogens with two attached hydrogens (primary N) is 1. The molecule has 2 rings (SSSR count). The van der Waals surface area contributed by atoms with E-state index in [2.05, 4.69) is 22.2 Å². The van der Waals surface area contributed by atoms with Crippen molar-refractivity contribution in [2.24, 2.45) is 5.73 Å². The van der Waals surface area contributed by atoms with Gasteiger partial charge in [-0.05, 0) is 31.4 Å². The average Bonchev–Trinajstić information content (AvgIpc) is 2.32. The number of benzene rings is 1. The summed E-state index contributed by atoms with van der Waals surface area (Å²) in [5.74, 6) is -0.334. The Bertz CT molecular complexity index is 444. The number of likely N-dealkylation sites (N-methyl/N-ethyl adjacent to an activating group) is 1. The van der Waals surface area contributed by atoms with Crippen LogP contribution in [0.4, 0.5) is 15.8 Å². The topological polar surface area (TPSA) is 44.5 Å². The largest absolute Gasteiger partial charge is 0.376 e. The van der Waals surface area contributed by atoms with Crippen LogP contribution in [-0.4, -0.2) is 43.2 Å². The molecule has 18 heavy (non-hydrogen) atoms.